The first-order valence-electron chi connectivity index (χ1n) is 7.39. The van der Waals surface area contributed by atoms with Crippen LogP contribution in [0.5, 0.6) is 0 Å². The van der Waals surface area contributed by atoms with Gasteiger partial charge in [-0.05, 0) is 69.0 Å². The maximum atomic E-state index is 5.50. The minimum atomic E-state index is 0.215. The molecule has 1 heterocycles. The molecule has 0 saturated carbocycles. The van der Waals surface area contributed by atoms with E-state index in [-0.39, 0.29) is 6.04 Å². The van der Waals surface area contributed by atoms with Crippen molar-refractivity contribution in [1.29, 1.82) is 0 Å². The van der Waals surface area contributed by atoms with Gasteiger partial charge >= 0.3 is 0 Å². The lowest BCUT2D eigenvalue weighted by Crippen LogP contribution is -2.23. The number of hydrogen-bond donors (Lipinski definition) is 1. The van der Waals surface area contributed by atoms with Crippen LogP contribution in [0.1, 0.15) is 53.0 Å². The van der Waals surface area contributed by atoms with E-state index in [9.17, 15) is 0 Å². The van der Waals surface area contributed by atoms with E-state index in [1.54, 1.807) is 0 Å². The lowest BCUT2D eigenvalue weighted by molar-refractivity contribution is 0.523. The van der Waals surface area contributed by atoms with Crippen molar-refractivity contribution in [2.45, 2.75) is 47.1 Å². The highest BCUT2D eigenvalue weighted by atomic mass is 16.3. The summed E-state index contributed by atoms with van der Waals surface area (Å²) in [4.78, 5) is 0. The van der Waals surface area contributed by atoms with Crippen molar-refractivity contribution in [1.82, 2.24) is 5.32 Å². The second-order valence-electron chi connectivity index (χ2n) is 5.67. The zero-order valence-corrected chi connectivity index (χ0v) is 13.2. The fourth-order valence-corrected chi connectivity index (χ4v) is 2.61. The molecule has 1 aromatic carbocycles. The molecule has 108 valence electrons. The van der Waals surface area contributed by atoms with E-state index >= 15 is 0 Å². The maximum Gasteiger partial charge on any atom is 0.101 e. The largest absolute Gasteiger partial charge is 0.469 e. The van der Waals surface area contributed by atoms with E-state index in [1.165, 1.54) is 27.8 Å². The molecule has 0 radical (unpaired) electrons. The van der Waals surface area contributed by atoms with E-state index < -0.39 is 0 Å². The fraction of sp³-hybridized carbons (Fsp3) is 0.444. The van der Waals surface area contributed by atoms with Gasteiger partial charge in [-0.15, -0.1) is 0 Å². The van der Waals surface area contributed by atoms with Gasteiger partial charge < -0.3 is 9.73 Å². The Morgan fingerprint density at radius 1 is 1.00 bits per heavy atom. The summed E-state index contributed by atoms with van der Waals surface area (Å²) in [5.41, 5.74) is 6.59. The molecule has 0 aliphatic carbocycles. The molecular formula is C18H25NO. The van der Waals surface area contributed by atoms with Crippen molar-refractivity contribution < 1.29 is 4.42 Å². The highest BCUT2D eigenvalue weighted by Crippen LogP contribution is 2.28. The Labute approximate surface area is 122 Å². The van der Waals surface area contributed by atoms with Gasteiger partial charge in [0.1, 0.15) is 5.76 Å². The van der Waals surface area contributed by atoms with Crippen LogP contribution in [0, 0.1) is 27.7 Å². The summed E-state index contributed by atoms with van der Waals surface area (Å²) in [6, 6.07) is 6.92. The third-order valence-corrected chi connectivity index (χ3v) is 3.88. The molecule has 1 atom stereocenters. The molecule has 2 heteroatoms. The Morgan fingerprint density at radius 2 is 1.70 bits per heavy atom. The third kappa shape index (κ3) is 3.13. The van der Waals surface area contributed by atoms with Crippen molar-refractivity contribution in [2.75, 3.05) is 6.54 Å². The first-order chi connectivity index (χ1) is 9.52. The predicted octanol–water partition coefficient (Wildman–Crippen LogP) is 4.60. The first-order valence-corrected chi connectivity index (χ1v) is 7.39. The Hall–Kier alpha value is -1.54. The minimum Gasteiger partial charge on any atom is -0.469 e. The van der Waals surface area contributed by atoms with Gasteiger partial charge in [0, 0.05) is 5.56 Å². The quantitative estimate of drug-likeness (QED) is 0.859. The topological polar surface area (TPSA) is 25.2 Å². The van der Waals surface area contributed by atoms with Crippen molar-refractivity contribution in [3.63, 3.8) is 0 Å². The summed E-state index contributed by atoms with van der Waals surface area (Å²) >= 11 is 0. The summed E-state index contributed by atoms with van der Waals surface area (Å²) in [6.45, 7) is 11.7. The molecule has 2 nitrogen and oxygen atoms in total. The molecular weight excluding hydrogens is 246 g/mol. The molecule has 0 fully saturated rings. The Bertz CT molecular complexity index is 583. The highest BCUT2D eigenvalue weighted by Gasteiger charge is 2.18. The van der Waals surface area contributed by atoms with E-state index in [1.807, 2.05) is 13.2 Å². The molecule has 0 aliphatic heterocycles. The summed E-state index contributed by atoms with van der Waals surface area (Å²) in [7, 11) is 0. The van der Waals surface area contributed by atoms with Crippen molar-refractivity contribution in [2.24, 2.45) is 0 Å². The third-order valence-electron chi connectivity index (χ3n) is 3.88. The second-order valence-corrected chi connectivity index (χ2v) is 5.67. The summed E-state index contributed by atoms with van der Waals surface area (Å²) < 4.78 is 5.50. The standard InChI is InChI=1S/C18H25NO/c1-6-7-19-18(16-10-15(5)20-11-16)17-9-13(3)12(2)8-14(17)4/h8-11,18-19H,6-7H2,1-5H3. The average Bonchev–Trinajstić information content (AvgIpc) is 2.82. The van der Waals surface area contributed by atoms with Gasteiger partial charge in [-0.25, -0.2) is 0 Å². The number of furan rings is 1. The molecule has 1 aromatic heterocycles. The summed E-state index contributed by atoms with van der Waals surface area (Å²) in [6.07, 6.45) is 2.99. The fourth-order valence-electron chi connectivity index (χ4n) is 2.61. The molecule has 0 amide bonds. The van der Waals surface area contributed by atoms with Crippen molar-refractivity contribution in [3.05, 3.63) is 58.0 Å². The number of aryl methyl sites for hydroxylation is 4. The van der Waals surface area contributed by atoms with Gasteiger partial charge in [0.15, 0.2) is 0 Å². The molecule has 1 unspecified atom stereocenters. The van der Waals surface area contributed by atoms with Crippen molar-refractivity contribution >= 4 is 0 Å². The molecule has 2 aromatic rings. The smallest absolute Gasteiger partial charge is 0.101 e. The van der Waals surface area contributed by atoms with Crippen LogP contribution in [0.3, 0.4) is 0 Å². The number of rotatable bonds is 5. The molecule has 2 rings (SSSR count). The maximum absolute atomic E-state index is 5.50. The zero-order valence-electron chi connectivity index (χ0n) is 13.2. The molecule has 1 N–H and O–H groups in total. The van der Waals surface area contributed by atoms with Crippen LogP contribution in [0.15, 0.2) is 28.9 Å². The lowest BCUT2D eigenvalue weighted by Gasteiger charge is -2.21. The predicted molar refractivity (Wildman–Crippen MR) is 84.2 cm³/mol. The van der Waals surface area contributed by atoms with Gasteiger partial charge in [0.05, 0.1) is 12.3 Å². The van der Waals surface area contributed by atoms with Crippen LogP contribution in [-0.4, -0.2) is 6.54 Å². The van der Waals surface area contributed by atoms with E-state index in [0.29, 0.717) is 0 Å². The van der Waals surface area contributed by atoms with E-state index in [4.69, 9.17) is 4.42 Å². The molecule has 0 bridgehead atoms. The normalized spacial score (nSPS) is 12.7. The van der Waals surface area contributed by atoms with Crippen LogP contribution in [-0.2, 0) is 0 Å². The Balaban J connectivity index is 2.43. The Kier molecular flexibility index (Phi) is 4.66. The summed E-state index contributed by atoms with van der Waals surface area (Å²) in [5, 5.41) is 3.64. The summed E-state index contributed by atoms with van der Waals surface area (Å²) in [5.74, 6) is 0.963. The van der Waals surface area contributed by atoms with Crippen LogP contribution >= 0.6 is 0 Å². The van der Waals surface area contributed by atoms with Gasteiger partial charge in [-0.3, -0.25) is 0 Å². The zero-order chi connectivity index (χ0) is 14.7. The van der Waals surface area contributed by atoms with Crippen LogP contribution in [0.25, 0.3) is 0 Å². The number of benzene rings is 1. The second kappa shape index (κ2) is 6.27. The van der Waals surface area contributed by atoms with Gasteiger partial charge in [0.25, 0.3) is 0 Å². The van der Waals surface area contributed by atoms with Gasteiger partial charge in [-0.2, -0.15) is 0 Å². The SMILES string of the molecule is CCCNC(c1coc(C)c1)c1cc(C)c(C)cc1C. The van der Waals surface area contributed by atoms with Crippen LogP contribution in [0.2, 0.25) is 0 Å². The monoisotopic (exact) mass is 271 g/mol. The number of nitrogens with one attached hydrogen (secondary N) is 1. The van der Waals surface area contributed by atoms with Gasteiger partial charge in [0.2, 0.25) is 0 Å². The van der Waals surface area contributed by atoms with Crippen LogP contribution < -0.4 is 5.32 Å². The molecule has 0 saturated heterocycles. The van der Waals surface area contributed by atoms with E-state index in [2.05, 4.69) is 51.2 Å². The molecule has 0 spiro atoms. The lowest BCUT2D eigenvalue weighted by atomic mass is 9.92. The average molecular weight is 271 g/mol. The van der Waals surface area contributed by atoms with E-state index in [0.717, 1.165) is 18.7 Å². The molecule has 0 aliphatic rings. The minimum absolute atomic E-state index is 0.215. The van der Waals surface area contributed by atoms with Gasteiger partial charge in [-0.1, -0.05) is 19.1 Å². The number of hydrogen-bond acceptors (Lipinski definition) is 2. The molecule has 20 heavy (non-hydrogen) atoms. The first kappa shape index (κ1) is 14.9. The van der Waals surface area contributed by atoms with Crippen LogP contribution in [0.4, 0.5) is 0 Å². The Morgan fingerprint density at radius 3 is 2.30 bits per heavy atom. The highest BCUT2D eigenvalue weighted by molar-refractivity contribution is 5.42. The van der Waals surface area contributed by atoms with Crippen molar-refractivity contribution in [3.8, 4) is 0 Å².